The number of carbonyl (C=O) groups is 1. The van der Waals surface area contributed by atoms with Gasteiger partial charge >= 0.3 is 5.97 Å². The Labute approximate surface area is 109 Å². The van der Waals surface area contributed by atoms with Gasteiger partial charge in [0.15, 0.2) is 10.3 Å². The van der Waals surface area contributed by atoms with Crippen LogP contribution in [-0.2, 0) is 0 Å². The highest BCUT2D eigenvalue weighted by molar-refractivity contribution is 9.10. The van der Waals surface area contributed by atoms with Crippen molar-refractivity contribution in [1.29, 1.82) is 0 Å². The van der Waals surface area contributed by atoms with Crippen molar-refractivity contribution in [3.05, 3.63) is 40.8 Å². The fourth-order valence-electron chi connectivity index (χ4n) is 1.62. The first-order valence-corrected chi connectivity index (χ1v) is 5.82. The second kappa shape index (κ2) is 3.99. The highest BCUT2D eigenvalue weighted by Gasteiger charge is 2.14. The molecule has 0 aliphatic heterocycles. The van der Waals surface area contributed by atoms with E-state index >= 15 is 0 Å². The van der Waals surface area contributed by atoms with E-state index in [9.17, 15) is 4.79 Å². The normalized spacial score (nSPS) is 10.9. The van der Waals surface area contributed by atoms with E-state index in [0.29, 0.717) is 27.2 Å². The fourth-order valence-corrected chi connectivity index (χ4v) is 2.03. The maximum atomic E-state index is 10.8. The summed E-state index contributed by atoms with van der Waals surface area (Å²) >= 11 is 3.24. The van der Waals surface area contributed by atoms with Crippen LogP contribution >= 0.6 is 15.9 Å². The molecule has 1 aromatic carbocycles. The monoisotopic (exact) mass is 307 g/mol. The molecule has 1 N–H and O–H groups in total. The molecule has 6 heteroatoms. The first-order valence-electron chi connectivity index (χ1n) is 5.02. The summed E-state index contributed by atoms with van der Waals surface area (Å²) in [7, 11) is 0. The van der Waals surface area contributed by atoms with Gasteiger partial charge in [0.2, 0.25) is 5.89 Å². The molecule has 2 heterocycles. The molecular weight excluding hydrogens is 302 g/mol. The Morgan fingerprint density at radius 2 is 2.17 bits per heavy atom. The topological polar surface area (TPSA) is 76.5 Å². The van der Waals surface area contributed by atoms with E-state index in [0.717, 1.165) is 0 Å². The molecule has 0 amide bonds. The molecule has 3 rings (SSSR count). The average Bonchev–Trinajstić information content (AvgIpc) is 2.92. The third kappa shape index (κ3) is 1.70. The first-order chi connectivity index (χ1) is 8.65. The summed E-state index contributed by atoms with van der Waals surface area (Å²) in [5, 5.41) is 8.89. The third-order valence-electron chi connectivity index (χ3n) is 2.48. The number of carboxylic acid groups (broad SMARTS) is 1. The van der Waals surface area contributed by atoms with Crippen LogP contribution in [0, 0.1) is 0 Å². The molecule has 0 spiro atoms. The van der Waals surface area contributed by atoms with Crippen molar-refractivity contribution in [3.8, 4) is 11.5 Å². The largest absolute Gasteiger partial charge is 0.478 e. The van der Waals surface area contributed by atoms with E-state index in [1.54, 1.807) is 12.1 Å². The van der Waals surface area contributed by atoms with Crippen LogP contribution in [0.25, 0.3) is 22.6 Å². The lowest BCUT2D eigenvalue weighted by Gasteiger charge is -1.91. The molecular formula is C12H6BrNO4. The lowest BCUT2D eigenvalue weighted by Crippen LogP contribution is -1.94. The number of hydrogen-bond donors (Lipinski definition) is 1. The van der Waals surface area contributed by atoms with Crippen LogP contribution in [0.5, 0.6) is 0 Å². The van der Waals surface area contributed by atoms with Gasteiger partial charge in [0.25, 0.3) is 0 Å². The zero-order valence-corrected chi connectivity index (χ0v) is 10.5. The molecule has 3 aromatic rings. The summed E-state index contributed by atoms with van der Waals surface area (Å²) in [4.78, 5) is 15.1. The highest BCUT2D eigenvalue weighted by atomic mass is 79.9. The molecule has 18 heavy (non-hydrogen) atoms. The van der Waals surface area contributed by atoms with Gasteiger partial charge in [-0.15, -0.1) is 0 Å². The smallest absolute Gasteiger partial charge is 0.335 e. The quantitative estimate of drug-likeness (QED) is 0.783. The van der Waals surface area contributed by atoms with Crippen molar-refractivity contribution in [2.45, 2.75) is 0 Å². The maximum Gasteiger partial charge on any atom is 0.335 e. The molecule has 0 aliphatic rings. The molecule has 0 unspecified atom stereocenters. The lowest BCUT2D eigenvalue weighted by molar-refractivity contribution is 0.0697. The van der Waals surface area contributed by atoms with E-state index in [-0.39, 0.29) is 5.56 Å². The highest BCUT2D eigenvalue weighted by Crippen LogP contribution is 2.31. The summed E-state index contributed by atoms with van der Waals surface area (Å²) < 4.78 is 11.1. The molecule has 0 saturated carbocycles. The lowest BCUT2D eigenvalue weighted by atomic mass is 10.2. The molecule has 5 nitrogen and oxygen atoms in total. The minimum atomic E-state index is -1.00. The number of carboxylic acids is 1. The van der Waals surface area contributed by atoms with Gasteiger partial charge in [0, 0.05) is 0 Å². The molecule has 2 aromatic heterocycles. The minimum Gasteiger partial charge on any atom is -0.478 e. The van der Waals surface area contributed by atoms with E-state index in [1.807, 2.05) is 0 Å². The van der Waals surface area contributed by atoms with Gasteiger partial charge in [-0.05, 0) is 40.2 Å². The van der Waals surface area contributed by atoms with Gasteiger partial charge in [-0.1, -0.05) is 0 Å². The predicted molar refractivity (Wildman–Crippen MR) is 66.4 cm³/mol. The summed E-state index contributed by atoms with van der Waals surface area (Å²) in [6, 6.07) is 6.26. The number of rotatable bonds is 2. The van der Waals surface area contributed by atoms with Crippen LogP contribution in [0.15, 0.2) is 44.0 Å². The van der Waals surface area contributed by atoms with Crippen LogP contribution in [0.1, 0.15) is 10.4 Å². The fraction of sp³-hybridized carbons (Fsp3) is 0. The summed E-state index contributed by atoms with van der Waals surface area (Å²) in [5.41, 5.74) is 1.88. The molecule has 0 bridgehead atoms. The van der Waals surface area contributed by atoms with Gasteiger partial charge < -0.3 is 13.9 Å². The number of halogens is 1. The number of benzene rings is 1. The molecule has 0 atom stereocenters. The van der Waals surface area contributed by atoms with Crippen molar-refractivity contribution in [2.75, 3.05) is 0 Å². The average molecular weight is 308 g/mol. The zero-order valence-electron chi connectivity index (χ0n) is 8.88. The molecule has 0 saturated heterocycles. The van der Waals surface area contributed by atoms with E-state index in [1.165, 1.54) is 18.4 Å². The van der Waals surface area contributed by atoms with Gasteiger partial charge in [0.05, 0.1) is 17.4 Å². The van der Waals surface area contributed by atoms with Crippen molar-refractivity contribution in [2.24, 2.45) is 0 Å². The summed E-state index contributed by atoms with van der Waals surface area (Å²) in [5.74, 6) is -0.618. The van der Waals surface area contributed by atoms with Gasteiger partial charge in [-0.25, -0.2) is 9.78 Å². The number of nitrogens with zero attached hydrogens (tertiary/aromatic N) is 1. The Morgan fingerprint density at radius 3 is 2.83 bits per heavy atom. The Bertz CT molecular complexity index is 743. The number of hydrogen-bond acceptors (Lipinski definition) is 4. The van der Waals surface area contributed by atoms with Gasteiger partial charge in [0.1, 0.15) is 5.52 Å². The van der Waals surface area contributed by atoms with Crippen LogP contribution < -0.4 is 0 Å². The van der Waals surface area contributed by atoms with Crippen molar-refractivity contribution in [1.82, 2.24) is 4.98 Å². The third-order valence-corrected chi connectivity index (χ3v) is 3.10. The van der Waals surface area contributed by atoms with E-state index in [2.05, 4.69) is 20.9 Å². The van der Waals surface area contributed by atoms with Gasteiger partial charge in [-0.2, -0.15) is 0 Å². The Morgan fingerprint density at radius 1 is 1.33 bits per heavy atom. The number of aromatic nitrogens is 1. The maximum absolute atomic E-state index is 10.8. The number of furan rings is 1. The molecule has 0 radical (unpaired) electrons. The van der Waals surface area contributed by atoms with Crippen molar-refractivity contribution >= 4 is 33.0 Å². The Balaban J connectivity index is 2.17. The van der Waals surface area contributed by atoms with Crippen molar-refractivity contribution < 1.29 is 18.7 Å². The standard InChI is InChI=1S/C12H6BrNO4/c13-10-7(3-4-17-10)11-14-8-2-1-6(12(15)16)5-9(8)18-11/h1-5H,(H,15,16). The van der Waals surface area contributed by atoms with E-state index < -0.39 is 5.97 Å². The van der Waals surface area contributed by atoms with Crippen LogP contribution in [-0.4, -0.2) is 16.1 Å². The second-order valence-electron chi connectivity index (χ2n) is 3.61. The summed E-state index contributed by atoms with van der Waals surface area (Å²) in [6.07, 6.45) is 1.51. The molecule has 0 aliphatic carbocycles. The van der Waals surface area contributed by atoms with Crippen LogP contribution in [0.3, 0.4) is 0 Å². The predicted octanol–water partition coefficient (Wildman–Crippen LogP) is 3.55. The van der Waals surface area contributed by atoms with Crippen LogP contribution in [0.2, 0.25) is 0 Å². The molecule has 90 valence electrons. The van der Waals surface area contributed by atoms with Gasteiger partial charge in [-0.3, -0.25) is 0 Å². The Kier molecular flexibility index (Phi) is 2.45. The van der Waals surface area contributed by atoms with Crippen molar-refractivity contribution in [3.63, 3.8) is 0 Å². The van der Waals surface area contributed by atoms with E-state index in [4.69, 9.17) is 13.9 Å². The minimum absolute atomic E-state index is 0.163. The Hall–Kier alpha value is -2.08. The number of aromatic carboxylic acids is 1. The summed E-state index contributed by atoms with van der Waals surface area (Å²) in [6.45, 7) is 0. The molecule has 0 fully saturated rings. The SMILES string of the molecule is O=C(O)c1ccc2nc(-c3ccoc3Br)oc2c1. The first kappa shape index (κ1) is 11.0. The second-order valence-corrected chi connectivity index (χ2v) is 4.33. The number of fused-ring (bicyclic) bond motifs is 1. The van der Waals surface area contributed by atoms with Crippen LogP contribution in [0.4, 0.5) is 0 Å². The number of oxazole rings is 1. The zero-order chi connectivity index (χ0) is 12.7.